The van der Waals surface area contributed by atoms with E-state index in [0.29, 0.717) is 22.9 Å². The van der Waals surface area contributed by atoms with Gasteiger partial charge in [-0.1, -0.05) is 6.07 Å². The Bertz CT molecular complexity index is 1130. The summed E-state index contributed by atoms with van der Waals surface area (Å²) in [6.07, 6.45) is 2.81. The second-order valence-electron chi connectivity index (χ2n) is 6.18. The van der Waals surface area contributed by atoms with Crippen molar-refractivity contribution < 1.29 is 27.4 Å². The predicted octanol–water partition coefficient (Wildman–Crippen LogP) is 1.77. The van der Waals surface area contributed by atoms with Crippen LogP contribution < -0.4 is 19.5 Å². The molecule has 0 saturated carbocycles. The molecule has 10 nitrogen and oxygen atoms in total. The highest BCUT2D eigenvalue weighted by Gasteiger charge is 2.23. The van der Waals surface area contributed by atoms with Gasteiger partial charge in [0.2, 0.25) is 21.6 Å². The van der Waals surface area contributed by atoms with Crippen LogP contribution in [0, 0.1) is 0 Å². The van der Waals surface area contributed by atoms with Crippen LogP contribution in [0.4, 0.5) is 0 Å². The van der Waals surface area contributed by atoms with E-state index in [-0.39, 0.29) is 12.4 Å². The Kier molecular flexibility index (Phi) is 6.98. The maximum absolute atomic E-state index is 12.6. The molecule has 0 aliphatic rings. The number of nitrogens with one attached hydrogen (secondary N) is 1. The fraction of sp³-hybridized carbons (Fsp3) is 0.200. The molecule has 0 spiro atoms. The van der Waals surface area contributed by atoms with Crippen LogP contribution in [0.2, 0.25) is 0 Å². The molecule has 162 valence electrons. The molecule has 3 aromatic rings. The molecule has 0 bridgehead atoms. The highest BCUT2D eigenvalue weighted by Crippen LogP contribution is 2.30. The summed E-state index contributed by atoms with van der Waals surface area (Å²) in [6, 6.07) is 11.4. The van der Waals surface area contributed by atoms with Crippen molar-refractivity contribution in [3.05, 3.63) is 60.6 Å². The lowest BCUT2D eigenvalue weighted by Gasteiger charge is -2.10. The van der Waals surface area contributed by atoms with E-state index in [9.17, 15) is 13.2 Å². The smallest absolute Gasteiger partial charge is 0.250 e. The molecule has 11 heteroatoms. The lowest BCUT2D eigenvalue weighted by Crippen LogP contribution is -2.30. The summed E-state index contributed by atoms with van der Waals surface area (Å²) in [5.41, 5.74) is 0.605. The summed E-state index contributed by atoms with van der Waals surface area (Å²) in [6.45, 7) is 0.108. The zero-order chi connectivity index (χ0) is 22.3. The second kappa shape index (κ2) is 9.85. The molecule has 1 aromatic carbocycles. The Hall–Kier alpha value is -3.73. The summed E-state index contributed by atoms with van der Waals surface area (Å²) in [5.74, 6) is -0.222. The standard InChI is InChI=1S/C20H20N4O6S/c1-28-15-9-16(29-2)11-17(10-15)30-19-6-8-22-20(24-19)31(26,27)13-18(25)23-12-14-5-3-4-7-21-14/h3-11H,12-13H2,1-2H3,(H,23,25). The van der Waals surface area contributed by atoms with E-state index in [1.54, 1.807) is 42.6 Å². The van der Waals surface area contributed by atoms with Crippen LogP contribution in [0.1, 0.15) is 5.69 Å². The van der Waals surface area contributed by atoms with Crippen molar-refractivity contribution in [1.29, 1.82) is 0 Å². The number of carbonyl (C=O) groups excluding carboxylic acids is 1. The number of carbonyl (C=O) groups is 1. The quantitative estimate of drug-likeness (QED) is 0.491. The van der Waals surface area contributed by atoms with E-state index < -0.39 is 26.7 Å². The van der Waals surface area contributed by atoms with Gasteiger partial charge in [-0.3, -0.25) is 9.78 Å². The summed E-state index contributed by atoms with van der Waals surface area (Å²) in [5, 5.41) is 1.99. The van der Waals surface area contributed by atoms with Crippen molar-refractivity contribution in [1.82, 2.24) is 20.3 Å². The van der Waals surface area contributed by atoms with Gasteiger partial charge in [-0.2, -0.15) is 4.98 Å². The van der Waals surface area contributed by atoms with Gasteiger partial charge in [0.05, 0.1) is 26.5 Å². The molecular weight excluding hydrogens is 424 g/mol. The molecule has 0 atom stereocenters. The van der Waals surface area contributed by atoms with E-state index in [1.165, 1.54) is 26.5 Å². The number of ether oxygens (including phenoxy) is 3. The van der Waals surface area contributed by atoms with Gasteiger partial charge < -0.3 is 19.5 Å². The Morgan fingerprint density at radius 1 is 0.968 bits per heavy atom. The van der Waals surface area contributed by atoms with Crippen LogP contribution in [0.25, 0.3) is 0 Å². The van der Waals surface area contributed by atoms with Gasteiger partial charge in [0, 0.05) is 36.7 Å². The van der Waals surface area contributed by atoms with Gasteiger partial charge in [0.15, 0.2) is 0 Å². The number of aromatic nitrogens is 3. The zero-order valence-corrected chi connectivity index (χ0v) is 17.6. The van der Waals surface area contributed by atoms with Crippen LogP contribution in [0.5, 0.6) is 23.1 Å². The van der Waals surface area contributed by atoms with Crippen LogP contribution in [0.15, 0.2) is 60.0 Å². The SMILES string of the molecule is COc1cc(OC)cc(Oc2ccnc(S(=O)(=O)CC(=O)NCc3ccccn3)n2)c1. The van der Waals surface area contributed by atoms with Crippen molar-refractivity contribution in [3.63, 3.8) is 0 Å². The topological polar surface area (TPSA) is 130 Å². The normalized spacial score (nSPS) is 10.9. The van der Waals surface area contributed by atoms with Gasteiger partial charge in [-0.25, -0.2) is 13.4 Å². The maximum Gasteiger partial charge on any atom is 0.250 e. The monoisotopic (exact) mass is 444 g/mol. The number of nitrogens with zero attached hydrogens (tertiary/aromatic N) is 3. The maximum atomic E-state index is 12.6. The van der Waals surface area contributed by atoms with E-state index in [4.69, 9.17) is 14.2 Å². The molecule has 1 N–H and O–H groups in total. The molecular formula is C20H20N4O6S. The van der Waals surface area contributed by atoms with E-state index in [1.807, 2.05) is 0 Å². The fourth-order valence-corrected chi connectivity index (χ4v) is 3.50. The predicted molar refractivity (Wildman–Crippen MR) is 110 cm³/mol. The first-order valence-corrected chi connectivity index (χ1v) is 10.7. The molecule has 1 amide bonds. The summed E-state index contributed by atoms with van der Waals surface area (Å²) < 4.78 is 41.1. The second-order valence-corrected chi connectivity index (χ2v) is 8.07. The number of pyridine rings is 1. The van der Waals surface area contributed by atoms with Gasteiger partial charge in [-0.05, 0) is 12.1 Å². The molecule has 31 heavy (non-hydrogen) atoms. The van der Waals surface area contributed by atoms with Gasteiger partial charge in [-0.15, -0.1) is 0 Å². The number of hydrogen-bond acceptors (Lipinski definition) is 9. The largest absolute Gasteiger partial charge is 0.496 e. The number of amides is 1. The third-order valence-electron chi connectivity index (χ3n) is 3.95. The molecule has 0 fully saturated rings. The van der Waals surface area contributed by atoms with Crippen molar-refractivity contribution in [2.24, 2.45) is 0 Å². The Morgan fingerprint density at radius 2 is 1.68 bits per heavy atom. The van der Waals surface area contributed by atoms with Gasteiger partial charge >= 0.3 is 0 Å². The first-order chi connectivity index (χ1) is 14.9. The number of methoxy groups -OCH3 is 2. The Morgan fingerprint density at radius 3 is 2.32 bits per heavy atom. The minimum Gasteiger partial charge on any atom is -0.496 e. The highest BCUT2D eigenvalue weighted by molar-refractivity contribution is 7.91. The lowest BCUT2D eigenvalue weighted by atomic mass is 10.3. The minimum absolute atomic E-state index is 0.0159. The minimum atomic E-state index is -4.09. The Balaban J connectivity index is 1.70. The first kappa shape index (κ1) is 22.0. The van der Waals surface area contributed by atoms with E-state index >= 15 is 0 Å². The molecule has 0 radical (unpaired) electrons. The Labute approximate surface area is 179 Å². The van der Waals surface area contributed by atoms with Crippen molar-refractivity contribution in [2.45, 2.75) is 11.7 Å². The van der Waals surface area contributed by atoms with Crippen LogP contribution in [-0.2, 0) is 21.2 Å². The molecule has 2 aromatic heterocycles. The molecule has 0 unspecified atom stereocenters. The third-order valence-corrected chi connectivity index (χ3v) is 5.34. The summed E-state index contributed by atoms with van der Waals surface area (Å²) in [4.78, 5) is 23.8. The number of benzene rings is 1. The first-order valence-electron chi connectivity index (χ1n) is 9.03. The fourth-order valence-electron chi connectivity index (χ4n) is 2.47. The lowest BCUT2D eigenvalue weighted by molar-refractivity contribution is -0.118. The van der Waals surface area contributed by atoms with Crippen LogP contribution in [0.3, 0.4) is 0 Å². The molecule has 0 aliphatic heterocycles. The average molecular weight is 444 g/mol. The average Bonchev–Trinajstić information content (AvgIpc) is 2.78. The van der Waals surface area contributed by atoms with Crippen LogP contribution in [-0.4, -0.2) is 49.2 Å². The highest BCUT2D eigenvalue weighted by atomic mass is 32.2. The van der Waals surface area contributed by atoms with Gasteiger partial charge in [0.1, 0.15) is 23.0 Å². The third kappa shape index (κ3) is 6.12. The summed E-state index contributed by atoms with van der Waals surface area (Å²) >= 11 is 0. The van der Waals surface area contributed by atoms with Crippen LogP contribution >= 0.6 is 0 Å². The van der Waals surface area contributed by atoms with Gasteiger partial charge in [0.25, 0.3) is 5.16 Å². The van der Waals surface area contributed by atoms with Crippen molar-refractivity contribution in [3.8, 4) is 23.1 Å². The number of hydrogen-bond donors (Lipinski definition) is 1. The molecule has 3 rings (SSSR count). The van der Waals surface area contributed by atoms with E-state index in [0.717, 1.165) is 0 Å². The summed E-state index contributed by atoms with van der Waals surface area (Å²) in [7, 11) is -1.10. The number of sulfone groups is 1. The zero-order valence-electron chi connectivity index (χ0n) is 16.8. The van der Waals surface area contributed by atoms with E-state index in [2.05, 4.69) is 20.3 Å². The van der Waals surface area contributed by atoms with Crippen molar-refractivity contribution in [2.75, 3.05) is 20.0 Å². The molecule has 0 saturated heterocycles. The van der Waals surface area contributed by atoms with Crippen molar-refractivity contribution >= 4 is 15.7 Å². The number of rotatable bonds is 9. The molecule has 0 aliphatic carbocycles. The molecule has 2 heterocycles.